The average Bonchev–Trinajstić information content (AvgIpc) is 3.02. The number of urea groups is 1. The number of anilines is 1. The van der Waals surface area contributed by atoms with Crippen LogP contribution in [-0.4, -0.2) is 30.3 Å². The van der Waals surface area contributed by atoms with Crippen LogP contribution in [0.15, 0.2) is 29.2 Å². The summed E-state index contributed by atoms with van der Waals surface area (Å²) in [6.07, 6.45) is 3.32. The van der Waals surface area contributed by atoms with Gasteiger partial charge < -0.3 is 20.4 Å². The Morgan fingerprint density at radius 3 is 3.09 bits per heavy atom. The highest BCUT2D eigenvalue weighted by atomic mass is 19.1. The first-order valence-electron chi connectivity index (χ1n) is 7.11. The number of H-pyrrole nitrogens is 1. The Balaban J connectivity index is 1.71. The van der Waals surface area contributed by atoms with E-state index in [2.05, 4.69) is 15.6 Å². The molecule has 0 aliphatic carbocycles. The minimum atomic E-state index is -0.502. The van der Waals surface area contributed by atoms with Crippen molar-refractivity contribution < 1.29 is 13.9 Å². The molecule has 2 heterocycles. The van der Waals surface area contributed by atoms with Crippen molar-refractivity contribution in [2.45, 2.75) is 18.9 Å². The summed E-state index contributed by atoms with van der Waals surface area (Å²) >= 11 is 0. The minimum Gasteiger partial charge on any atom is -0.376 e. The predicted octanol–water partition coefficient (Wildman–Crippen LogP) is 1.97. The summed E-state index contributed by atoms with van der Waals surface area (Å²) < 4.78 is 18.6. The van der Waals surface area contributed by atoms with Crippen molar-refractivity contribution in [3.05, 3.63) is 40.4 Å². The maximum Gasteiger partial charge on any atom is 0.319 e. The fourth-order valence-corrected chi connectivity index (χ4v) is 2.46. The van der Waals surface area contributed by atoms with Gasteiger partial charge in [-0.1, -0.05) is 0 Å². The lowest BCUT2D eigenvalue weighted by atomic mass is 10.2. The van der Waals surface area contributed by atoms with Gasteiger partial charge >= 0.3 is 6.03 Å². The van der Waals surface area contributed by atoms with Crippen molar-refractivity contribution in [1.82, 2.24) is 10.3 Å². The van der Waals surface area contributed by atoms with E-state index in [0.29, 0.717) is 18.7 Å². The summed E-state index contributed by atoms with van der Waals surface area (Å²) in [5, 5.41) is 5.32. The molecule has 6 nitrogen and oxygen atoms in total. The molecule has 1 fully saturated rings. The number of aromatic nitrogens is 1. The van der Waals surface area contributed by atoms with E-state index < -0.39 is 17.3 Å². The minimum absolute atomic E-state index is 0.0229. The molecule has 1 unspecified atom stereocenters. The molecule has 1 aromatic heterocycles. The van der Waals surface area contributed by atoms with E-state index in [0.717, 1.165) is 18.9 Å². The maximum absolute atomic E-state index is 13.2. The largest absolute Gasteiger partial charge is 0.376 e. The highest BCUT2D eigenvalue weighted by molar-refractivity contribution is 5.91. The van der Waals surface area contributed by atoms with Gasteiger partial charge in [0.1, 0.15) is 11.5 Å². The van der Waals surface area contributed by atoms with Crippen LogP contribution in [-0.2, 0) is 4.74 Å². The topological polar surface area (TPSA) is 83.2 Å². The van der Waals surface area contributed by atoms with Crippen molar-refractivity contribution in [2.75, 3.05) is 18.5 Å². The number of nitrogens with one attached hydrogen (secondary N) is 3. The van der Waals surface area contributed by atoms with Gasteiger partial charge in [-0.05, 0) is 31.0 Å². The van der Waals surface area contributed by atoms with Gasteiger partial charge in [0, 0.05) is 24.9 Å². The quantitative estimate of drug-likeness (QED) is 0.810. The Bertz CT molecular complexity index is 753. The maximum atomic E-state index is 13.2. The van der Waals surface area contributed by atoms with Crippen LogP contribution in [0.2, 0.25) is 0 Å². The number of hydrogen-bond acceptors (Lipinski definition) is 3. The molecule has 1 atom stereocenters. The predicted molar refractivity (Wildman–Crippen MR) is 80.5 cm³/mol. The van der Waals surface area contributed by atoms with E-state index in [-0.39, 0.29) is 17.2 Å². The van der Waals surface area contributed by atoms with Crippen molar-refractivity contribution in [2.24, 2.45) is 0 Å². The first-order chi connectivity index (χ1) is 10.6. The van der Waals surface area contributed by atoms with Crippen LogP contribution >= 0.6 is 0 Å². The molecular weight excluding hydrogens is 289 g/mol. The third-order valence-electron chi connectivity index (χ3n) is 3.61. The molecular formula is C15H16FN3O3. The highest BCUT2D eigenvalue weighted by Crippen LogP contribution is 2.12. The van der Waals surface area contributed by atoms with Gasteiger partial charge in [0.15, 0.2) is 0 Å². The summed E-state index contributed by atoms with van der Waals surface area (Å²) in [7, 11) is 0. The normalized spacial score (nSPS) is 17.6. The number of carbonyl (C=O) groups is 1. The van der Waals surface area contributed by atoms with Crippen LogP contribution in [0, 0.1) is 5.82 Å². The molecule has 2 amide bonds. The zero-order valence-electron chi connectivity index (χ0n) is 11.8. The van der Waals surface area contributed by atoms with E-state index in [1.807, 2.05) is 0 Å². The second-order valence-electron chi connectivity index (χ2n) is 5.19. The van der Waals surface area contributed by atoms with Crippen LogP contribution < -0.4 is 16.1 Å². The Labute approximate surface area is 125 Å². The molecule has 1 saturated heterocycles. The number of carbonyl (C=O) groups excluding carboxylic acids is 1. The van der Waals surface area contributed by atoms with E-state index in [1.54, 1.807) is 0 Å². The van der Waals surface area contributed by atoms with Gasteiger partial charge in [-0.3, -0.25) is 4.79 Å². The monoisotopic (exact) mass is 305 g/mol. The Morgan fingerprint density at radius 2 is 2.32 bits per heavy atom. The van der Waals surface area contributed by atoms with Gasteiger partial charge in [-0.25, -0.2) is 9.18 Å². The van der Waals surface area contributed by atoms with Crippen molar-refractivity contribution in [1.29, 1.82) is 0 Å². The third-order valence-corrected chi connectivity index (χ3v) is 3.61. The van der Waals surface area contributed by atoms with Gasteiger partial charge in [0.05, 0.1) is 11.5 Å². The first kappa shape index (κ1) is 14.5. The second kappa shape index (κ2) is 6.15. The summed E-state index contributed by atoms with van der Waals surface area (Å²) in [6, 6.07) is 3.40. The van der Waals surface area contributed by atoms with Crippen LogP contribution in [0.25, 0.3) is 10.9 Å². The number of aromatic amines is 1. The van der Waals surface area contributed by atoms with E-state index in [9.17, 15) is 14.0 Å². The molecule has 116 valence electrons. The molecule has 0 spiro atoms. The Hall–Kier alpha value is -2.41. The van der Waals surface area contributed by atoms with Gasteiger partial charge in [-0.2, -0.15) is 0 Å². The molecule has 3 rings (SSSR count). The summed E-state index contributed by atoms with van der Waals surface area (Å²) in [5.41, 5.74) is 0.153. The van der Waals surface area contributed by atoms with E-state index in [1.165, 1.54) is 18.3 Å². The fourth-order valence-electron chi connectivity index (χ4n) is 2.46. The first-order valence-corrected chi connectivity index (χ1v) is 7.11. The Morgan fingerprint density at radius 1 is 1.45 bits per heavy atom. The lowest BCUT2D eigenvalue weighted by Gasteiger charge is -2.11. The standard InChI is InChI=1S/C15H16FN3O3/c16-9-3-4-12-11(6-9)14(20)13(8-17-12)19-15(21)18-7-10-2-1-5-22-10/h3-4,6,8,10H,1-2,5,7H2,(H,17,20)(H2,18,19,21). The Kier molecular flexibility index (Phi) is 4.06. The summed E-state index contributed by atoms with van der Waals surface area (Å²) in [5.74, 6) is -0.502. The van der Waals surface area contributed by atoms with Crippen LogP contribution in [0.1, 0.15) is 12.8 Å². The van der Waals surface area contributed by atoms with Gasteiger partial charge in [-0.15, -0.1) is 0 Å². The zero-order valence-corrected chi connectivity index (χ0v) is 11.8. The number of benzene rings is 1. The lowest BCUT2D eigenvalue weighted by molar-refractivity contribution is 0.112. The summed E-state index contributed by atoms with van der Waals surface area (Å²) in [4.78, 5) is 26.9. The van der Waals surface area contributed by atoms with Crippen LogP contribution in [0.4, 0.5) is 14.9 Å². The molecule has 2 aromatic rings. The number of amides is 2. The molecule has 0 radical (unpaired) electrons. The molecule has 22 heavy (non-hydrogen) atoms. The number of halogens is 1. The number of fused-ring (bicyclic) bond motifs is 1. The molecule has 1 aromatic carbocycles. The highest BCUT2D eigenvalue weighted by Gasteiger charge is 2.16. The van der Waals surface area contributed by atoms with E-state index in [4.69, 9.17) is 4.74 Å². The van der Waals surface area contributed by atoms with Crippen LogP contribution in [0.3, 0.4) is 0 Å². The molecule has 1 aliphatic heterocycles. The van der Waals surface area contributed by atoms with Crippen LogP contribution in [0.5, 0.6) is 0 Å². The second-order valence-corrected chi connectivity index (χ2v) is 5.19. The van der Waals surface area contributed by atoms with Crippen molar-refractivity contribution >= 4 is 22.6 Å². The fraction of sp³-hybridized carbons (Fsp3) is 0.333. The lowest BCUT2D eigenvalue weighted by Crippen LogP contribution is -2.36. The molecule has 3 N–H and O–H groups in total. The van der Waals surface area contributed by atoms with Crippen molar-refractivity contribution in [3.8, 4) is 0 Å². The average molecular weight is 305 g/mol. The SMILES string of the molecule is O=C(NCC1CCCO1)Nc1c[nH]c2ccc(F)cc2c1=O. The van der Waals surface area contributed by atoms with Crippen molar-refractivity contribution in [3.63, 3.8) is 0 Å². The molecule has 0 bridgehead atoms. The van der Waals surface area contributed by atoms with Gasteiger partial charge in [0.25, 0.3) is 0 Å². The molecule has 0 saturated carbocycles. The molecule has 7 heteroatoms. The number of pyridine rings is 1. The summed E-state index contributed by atoms with van der Waals surface area (Å²) in [6.45, 7) is 1.11. The van der Waals surface area contributed by atoms with Gasteiger partial charge in [0.2, 0.25) is 5.43 Å². The molecule has 1 aliphatic rings. The smallest absolute Gasteiger partial charge is 0.319 e. The third kappa shape index (κ3) is 3.09. The number of rotatable bonds is 3. The number of hydrogen-bond donors (Lipinski definition) is 3. The number of ether oxygens (including phenoxy) is 1. The zero-order chi connectivity index (χ0) is 15.5. The van der Waals surface area contributed by atoms with E-state index >= 15 is 0 Å².